The summed E-state index contributed by atoms with van der Waals surface area (Å²) in [5.74, 6) is 2.51. The number of carbonyl (C=O) groups excluding carboxylic acids is 1. The van der Waals surface area contributed by atoms with Crippen LogP contribution >= 0.6 is 11.8 Å². The van der Waals surface area contributed by atoms with Crippen LogP contribution in [0.25, 0.3) is 10.9 Å². The topological polar surface area (TPSA) is 51.7 Å². The van der Waals surface area contributed by atoms with E-state index in [-0.39, 0.29) is 5.78 Å². The summed E-state index contributed by atoms with van der Waals surface area (Å²) >= 11 is 6.17. The molecule has 1 saturated heterocycles. The van der Waals surface area contributed by atoms with Gasteiger partial charge in [0.1, 0.15) is 17.0 Å². The first kappa shape index (κ1) is 19.9. The van der Waals surface area contributed by atoms with Crippen LogP contribution in [0.5, 0.6) is 11.5 Å². The van der Waals surface area contributed by atoms with Gasteiger partial charge < -0.3 is 9.47 Å². The van der Waals surface area contributed by atoms with Crippen LogP contribution in [0.1, 0.15) is 43.0 Å². The van der Waals surface area contributed by atoms with Crippen LogP contribution in [0.2, 0.25) is 0 Å². The summed E-state index contributed by atoms with van der Waals surface area (Å²) < 4.78 is 12.7. The number of aromatic nitrogens is 1. The van der Waals surface area contributed by atoms with Gasteiger partial charge in [-0.2, -0.15) is 0 Å². The predicted octanol–water partition coefficient (Wildman–Crippen LogP) is 4.72. The van der Waals surface area contributed by atoms with Crippen molar-refractivity contribution in [3.05, 3.63) is 30.0 Å². The zero-order valence-corrected chi connectivity index (χ0v) is 17.0. The number of halogens is 1. The number of piperidine rings is 1. The first-order valence-electron chi connectivity index (χ1n) is 9.52. The Morgan fingerprint density at radius 2 is 2.11 bits per heavy atom. The molecule has 0 radical (unpaired) electrons. The average molecular weight is 391 g/mol. The number of methoxy groups -OCH3 is 2. The monoisotopic (exact) mass is 390 g/mol. The van der Waals surface area contributed by atoms with Crippen molar-refractivity contribution in [1.29, 1.82) is 0 Å². The van der Waals surface area contributed by atoms with Gasteiger partial charge in [0.05, 0.1) is 14.2 Å². The highest BCUT2D eigenvalue weighted by atomic mass is 35.5. The van der Waals surface area contributed by atoms with E-state index in [0.29, 0.717) is 40.8 Å². The lowest BCUT2D eigenvalue weighted by atomic mass is 9.81. The third-order valence-corrected chi connectivity index (χ3v) is 5.95. The summed E-state index contributed by atoms with van der Waals surface area (Å²) in [6, 6.07) is 5.44. The molecule has 1 fully saturated rings. The maximum Gasteiger partial charge on any atom is 0.163 e. The van der Waals surface area contributed by atoms with Crippen molar-refractivity contribution >= 4 is 28.5 Å². The zero-order valence-electron chi connectivity index (χ0n) is 16.2. The van der Waals surface area contributed by atoms with Crippen LogP contribution in [0.15, 0.2) is 24.4 Å². The van der Waals surface area contributed by atoms with E-state index in [1.165, 1.54) is 0 Å². The second-order valence-electron chi connectivity index (χ2n) is 7.13. The van der Waals surface area contributed by atoms with Gasteiger partial charge in [0.15, 0.2) is 5.78 Å². The molecule has 146 valence electrons. The minimum atomic E-state index is 0.140. The van der Waals surface area contributed by atoms with Gasteiger partial charge in [-0.05, 0) is 48.6 Å². The van der Waals surface area contributed by atoms with E-state index < -0.39 is 0 Å². The van der Waals surface area contributed by atoms with E-state index in [4.69, 9.17) is 21.3 Å². The average Bonchev–Trinajstić information content (AvgIpc) is 2.70. The molecule has 1 aliphatic rings. The van der Waals surface area contributed by atoms with Crippen LogP contribution in [-0.4, -0.2) is 42.5 Å². The number of nitrogens with zero attached hydrogens (tertiary/aromatic N) is 2. The third kappa shape index (κ3) is 4.36. The summed E-state index contributed by atoms with van der Waals surface area (Å²) in [7, 11) is 3.20. The van der Waals surface area contributed by atoms with E-state index in [1.807, 2.05) is 10.5 Å². The van der Waals surface area contributed by atoms with Crippen LogP contribution in [0.3, 0.4) is 0 Å². The van der Waals surface area contributed by atoms with E-state index in [1.54, 1.807) is 32.5 Å². The molecule has 0 aliphatic carbocycles. The number of Topliss-reactive ketones (excluding diaryl/α,β-unsaturated/α-hetero) is 1. The van der Waals surface area contributed by atoms with Crippen molar-refractivity contribution in [2.24, 2.45) is 11.8 Å². The first-order chi connectivity index (χ1) is 13.1. The molecule has 2 atom stereocenters. The molecule has 2 aromatic rings. The van der Waals surface area contributed by atoms with Crippen LogP contribution in [0, 0.1) is 11.8 Å². The van der Waals surface area contributed by atoms with Gasteiger partial charge in [0, 0.05) is 42.7 Å². The highest BCUT2D eigenvalue weighted by Gasteiger charge is 2.28. The van der Waals surface area contributed by atoms with Gasteiger partial charge in [-0.25, -0.2) is 4.42 Å². The smallest absolute Gasteiger partial charge is 0.163 e. The Labute approximate surface area is 165 Å². The Kier molecular flexibility index (Phi) is 6.55. The number of benzene rings is 1. The van der Waals surface area contributed by atoms with Gasteiger partial charge in [0.2, 0.25) is 0 Å². The highest BCUT2D eigenvalue weighted by Crippen LogP contribution is 2.34. The van der Waals surface area contributed by atoms with Gasteiger partial charge in [-0.15, -0.1) is 0 Å². The number of ether oxygens (including phenoxy) is 2. The molecular formula is C21H27ClN2O3. The first-order valence-corrected chi connectivity index (χ1v) is 9.85. The minimum Gasteiger partial charge on any atom is -0.497 e. The van der Waals surface area contributed by atoms with Crippen LogP contribution < -0.4 is 9.47 Å². The Balaban J connectivity index is 1.81. The molecule has 1 aliphatic heterocycles. The molecule has 27 heavy (non-hydrogen) atoms. The van der Waals surface area contributed by atoms with Crippen molar-refractivity contribution in [3.8, 4) is 11.5 Å². The third-order valence-electron chi connectivity index (χ3n) is 5.65. The molecule has 6 heteroatoms. The van der Waals surface area contributed by atoms with Crippen molar-refractivity contribution in [3.63, 3.8) is 0 Å². The number of carbonyl (C=O) groups is 1. The summed E-state index contributed by atoms with van der Waals surface area (Å²) in [6.07, 6.45) is 5.24. The van der Waals surface area contributed by atoms with Crippen molar-refractivity contribution in [1.82, 2.24) is 9.40 Å². The van der Waals surface area contributed by atoms with E-state index >= 15 is 0 Å². The van der Waals surface area contributed by atoms with Crippen LogP contribution in [-0.2, 0) is 0 Å². The number of pyridine rings is 1. The molecule has 1 aromatic carbocycles. The Morgan fingerprint density at radius 1 is 1.30 bits per heavy atom. The summed E-state index contributed by atoms with van der Waals surface area (Å²) in [5, 5.41) is 0.779. The molecule has 0 saturated carbocycles. The molecule has 0 amide bonds. The van der Waals surface area contributed by atoms with Crippen molar-refractivity contribution < 1.29 is 14.3 Å². The molecule has 5 nitrogen and oxygen atoms in total. The molecular weight excluding hydrogens is 364 g/mol. The van der Waals surface area contributed by atoms with Crippen molar-refractivity contribution in [2.75, 3.05) is 27.3 Å². The summed E-state index contributed by atoms with van der Waals surface area (Å²) in [4.78, 5) is 17.4. The van der Waals surface area contributed by atoms with E-state index in [9.17, 15) is 4.79 Å². The highest BCUT2D eigenvalue weighted by molar-refractivity contribution is 6.13. The van der Waals surface area contributed by atoms with Gasteiger partial charge >= 0.3 is 0 Å². The quantitative estimate of drug-likeness (QED) is 0.506. The van der Waals surface area contributed by atoms with Crippen molar-refractivity contribution in [2.45, 2.75) is 32.6 Å². The second kappa shape index (κ2) is 8.89. The largest absolute Gasteiger partial charge is 0.497 e. The fraction of sp³-hybridized carbons (Fsp3) is 0.524. The predicted molar refractivity (Wildman–Crippen MR) is 108 cm³/mol. The molecule has 2 unspecified atom stereocenters. The molecule has 0 bridgehead atoms. The summed E-state index contributed by atoms with van der Waals surface area (Å²) in [5.41, 5.74) is 1.37. The second-order valence-corrected chi connectivity index (χ2v) is 7.61. The van der Waals surface area contributed by atoms with Gasteiger partial charge in [0.25, 0.3) is 0 Å². The molecule has 0 spiro atoms. The maximum absolute atomic E-state index is 13.0. The zero-order chi connectivity index (χ0) is 19.4. The van der Waals surface area contributed by atoms with Crippen LogP contribution in [0.4, 0.5) is 0 Å². The Hall–Kier alpha value is -1.85. The number of ketones is 1. The minimum absolute atomic E-state index is 0.140. The number of hydrogen-bond acceptors (Lipinski definition) is 5. The number of fused-ring (bicyclic) bond motifs is 1. The lowest BCUT2D eigenvalue weighted by molar-refractivity contribution is 0.0954. The SMILES string of the molecule is CCC1CN(Cl)CCC1CCC(=O)c1ccnc2c(OC)cc(OC)cc12. The van der Waals surface area contributed by atoms with E-state index in [2.05, 4.69) is 11.9 Å². The Morgan fingerprint density at radius 3 is 2.81 bits per heavy atom. The lowest BCUT2D eigenvalue weighted by Gasteiger charge is -2.34. The standard InChI is InChI=1S/C21H27ClN2O3/c1-4-14-13-24(22)10-8-15(14)5-6-19(25)17-7-9-23-21-18(17)11-16(26-2)12-20(21)27-3/h7,9,11-12,14-15H,4-6,8,10,13H2,1-3H3. The fourth-order valence-electron chi connectivity index (χ4n) is 4.04. The summed E-state index contributed by atoms with van der Waals surface area (Å²) in [6.45, 7) is 4.00. The molecule has 0 N–H and O–H groups in total. The van der Waals surface area contributed by atoms with E-state index in [0.717, 1.165) is 37.7 Å². The van der Waals surface area contributed by atoms with Gasteiger partial charge in [-0.1, -0.05) is 13.3 Å². The number of hydrogen-bond donors (Lipinski definition) is 0. The number of rotatable bonds is 7. The molecule has 1 aromatic heterocycles. The molecule has 3 rings (SSSR count). The lowest BCUT2D eigenvalue weighted by Crippen LogP contribution is -2.35. The van der Waals surface area contributed by atoms with Gasteiger partial charge in [-0.3, -0.25) is 9.78 Å². The Bertz CT molecular complexity index is 811. The normalized spacial score (nSPS) is 20.6. The maximum atomic E-state index is 13.0. The fourth-order valence-corrected chi connectivity index (χ4v) is 4.32. The molecule has 2 heterocycles.